The second kappa shape index (κ2) is 6.08. The first-order chi connectivity index (χ1) is 9.08. The molecule has 0 saturated carbocycles. The Kier molecular flexibility index (Phi) is 4.44. The van der Waals surface area contributed by atoms with Crippen LogP contribution < -0.4 is 0 Å². The summed E-state index contributed by atoms with van der Waals surface area (Å²) in [5.74, 6) is 0. The normalized spacial score (nSPS) is 10.4. The van der Waals surface area contributed by atoms with Crippen LogP contribution in [0.4, 0.5) is 0 Å². The van der Waals surface area contributed by atoms with E-state index in [1.807, 2.05) is 24.3 Å². The molecule has 0 spiro atoms. The van der Waals surface area contributed by atoms with E-state index < -0.39 is 0 Å². The maximum Gasteiger partial charge on any atom is 0.192 e. The number of H-pyrrole nitrogens is 1. The number of carbonyl (C=O) groups is 2. The maximum atomic E-state index is 11.3. The molecule has 0 aliphatic rings. The third-order valence-corrected chi connectivity index (χ3v) is 3.91. The standard InChI is InChI=1S/C13H12N2O2S2/c1-8(16)18-11-6-4-3-5-10(11)12-13(15-7-14-12)19-9(2)17/h3-7H,1-2H3,(H,14,15). The molecule has 6 heteroatoms. The Morgan fingerprint density at radius 3 is 2.47 bits per heavy atom. The molecule has 0 aliphatic carbocycles. The molecule has 0 aliphatic heterocycles. The summed E-state index contributed by atoms with van der Waals surface area (Å²) >= 11 is 2.25. The molecule has 0 bridgehead atoms. The number of nitrogens with one attached hydrogen (secondary N) is 1. The number of hydrogen-bond donors (Lipinski definition) is 1. The van der Waals surface area contributed by atoms with Crippen molar-refractivity contribution in [3.05, 3.63) is 30.6 Å². The molecule has 1 aromatic carbocycles. The van der Waals surface area contributed by atoms with Gasteiger partial charge >= 0.3 is 0 Å². The fourth-order valence-corrected chi connectivity index (χ4v) is 2.99. The molecule has 19 heavy (non-hydrogen) atoms. The van der Waals surface area contributed by atoms with Crippen molar-refractivity contribution in [3.63, 3.8) is 0 Å². The lowest BCUT2D eigenvalue weighted by molar-refractivity contribution is -0.109. The first kappa shape index (κ1) is 13.9. The summed E-state index contributed by atoms with van der Waals surface area (Å²) in [5, 5.41) is 0.627. The monoisotopic (exact) mass is 292 g/mol. The summed E-state index contributed by atoms with van der Waals surface area (Å²) in [6.45, 7) is 3.03. The second-order valence-corrected chi connectivity index (χ2v) is 6.15. The van der Waals surface area contributed by atoms with Gasteiger partial charge in [-0.2, -0.15) is 0 Å². The number of aromatic amines is 1. The van der Waals surface area contributed by atoms with Crippen LogP contribution in [0.1, 0.15) is 13.8 Å². The predicted octanol–water partition coefficient (Wildman–Crippen LogP) is 3.35. The van der Waals surface area contributed by atoms with E-state index in [0.29, 0.717) is 5.03 Å². The van der Waals surface area contributed by atoms with Crippen LogP contribution >= 0.6 is 23.5 Å². The van der Waals surface area contributed by atoms with Gasteiger partial charge in [0.2, 0.25) is 0 Å². The predicted molar refractivity (Wildman–Crippen MR) is 77.1 cm³/mol. The first-order valence-electron chi connectivity index (χ1n) is 5.57. The highest BCUT2D eigenvalue weighted by molar-refractivity contribution is 8.14. The maximum absolute atomic E-state index is 11.3. The van der Waals surface area contributed by atoms with Gasteiger partial charge in [0.25, 0.3) is 0 Å². The van der Waals surface area contributed by atoms with Gasteiger partial charge in [-0.25, -0.2) is 4.98 Å². The molecule has 0 saturated heterocycles. The molecule has 1 aromatic heterocycles. The Hall–Kier alpha value is -1.53. The smallest absolute Gasteiger partial charge is 0.192 e. The van der Waals surface area contributed by atoms with Crippen LogP contribution in [0.15, 0.2) is 40.5 Å². The van der Waals surface area contributed by atoms with E-state index in [2.05, 4.69) is 9.97 Å². The number of rotatable bonds is 3. The molecule has 1 N–H and O–H groups in total. The number of carbonyl (C=O) groups excluding carboxylic acids is 2. The Morgan fingerprint density at radius 1 is 1.11 bits per heavy atom. The SMILES string of the molecule is CC(=O)Sc1ccccc1-c1[nH]cnc1SC(C)=O. The molecule has 0 fully saturated rings. The minimum absolute atomic E-state index is 0.0211. The van der Waals surface area contributed by atoms with Crippen LogP contribution in [0.3, 0.4) is 0 Å². The molecule has 0 amide bonds. The van der Waals surface area contributed by atoms with E-state index in [9.17, 15) is 9.59 Å². The van der Waals surface area contributed by atoms with Crippen molar-refractivity contribution in [1.29, 1.82) is 0 Å². The second-order valence-electron chi connectivity index (χ2n) is 3.77. The Bertz CT molecular complexity index is 623. The van der Waals surface area contributed by atoms with E-state index in [4.69, 9.17) is 0 Å². The van der Waals surface area contributed by atoms with Gasteiger partial charge in [-0.3, -0.25) is 9.59 Å². The van der Waals surface area contributed by atoms with Gasteiger partial charge < -0.3 is 4.98 Å². The molecule has 0 unspecified atom stereocenters. The molecule has 4 nitrogen and oxygen atoms in total. The number of aromatic nitrogens is 2. The van der Waals surface area contributed by atoms with Crippen molar-refractivity contribution in [1.82, 2.24) is 9.97 Å². The minimum Gasteiger partial charge on any atom is -0.344 e. The molecule has 2 aromatic rings. The van der Waals surface area contributed by atoms with Gasteiger partial charge in [-0.05, 0) is 17.8 Å². The van der Waals surface area contributed by atoms with Gasteiger partial charge in [0.1, 0.15) is 5.03 Å². The number of benzene rings is 1. The van der Waals surface area contributed by atoms with Gasteiger partial charge in [-0.15, -0.1) is 0 Å². The quantitative estimate of drug-likeness (QED) is 0.879. The largest absolute Gasteiger partial charge is 0.344 e. The number of hydrogen-bond acceptors (Lipinski definition) is 5. The van der Waals surface area contributed by atoms with Crippen LogP contribution in [0.2, 0.25) is 0 Å². The van der Waals surface area contributed by atoms with Gasteiger partial charge in [-0.1, -0.05) is 30.0 Å². The average molecular weight is 292 g/mol. The lowest BCUT2D eigenvalue weighted by atomic mass is 10.2. The fourth-order valence-electron chi connectivity index (χ4n) is 1.61. The minimum atomic E-state index is -0.0231. The summed E-state index contributed by atoms with van der Waals surface area (Å²) in [5.41, 5.74) is 1.65. The molecule has 98 valence electrons. The highest BCUT2D eigenvalue weighted by Gasteiger charge is 2.15. The summed E-state index contributed by atoms with van der Waals surface area (Å²) < 4.78 is 0. The van der Waals surface area contributed by atoms with E-state index in [0.717, 1.165) is 27.9 Å². The fraction of sp³-hybridized carbons (Fsp3) is 0.154. The highest BCUT2D eigenvalue weighted by Crippen LogP contribution is 2.35. The van der Waals surface area contributed by atoms with E-state index in [1.165, 1.54) is 25.6 Å². The lowest BCUT2D eigenvalue weighted by Crippen LogP contribution is -1.89. The zero-order valence-corrected chi connectivity index (χ0v) is 12.1. The van der Waals surface area contributed by atoms with Crippen molar-refractivity contribution in [2.45, 2.75) is 23.8 Å². The highest BCUT2D eigenvalue weighted by atomic mass is 32.2. The first-order valence-corrected chi connectivity index (χ1v) is 7.21. The zero-order chi connectivity index (χ0) is 13.8. The number of imidazole rings is 1. The zero-order valence-electron chi connectivity index (χ0n) is 10.5. The van der Waals surface area contributed by atoms with Crippen LogP contribution in [0.5, 0.6) is 0 Å². The van der Waals surface area contributed by atoms with Crippen molar-refractivity contribution in [3.8, 4) is 11.3 Å². The van der Waals surface area contributed by atoms with Crippen molar-refractivity contribution in [2.24, 2.45) is 0 Å². The van der Waals surface area contributed by atoms with Gasteiger partial charge in [0, 0.05) is 24.3 Å². The number of thioether (sulfide) groups is 2. The van der Waals surface area contributed by atoms with Crippen LogP contribution in [0, 0.1) is 0 Å². The van der Waals surface area contributed by atoms with Gasteiger partial charge in [0.15, 0.2) is 10.2 Å². The Labute approximate surface area is 119 Å². The van der Waals surface area contributed by atoms with E-state index >= 15 is 0 Å². The molecule has 2 rings (SSSR count). The van der Waals surface area contributed by atoms with Gasteiger partial charge in [0.05, 0.1) is 12.0 Å². The third-order valence-electron chi connectivity index (χ3n) is 2.26. The van der Waals surface area contributed by atoms with Crippen LogP contribution in [0.25, 0.3) is 11.3 Å². The third kappa shape index (κ3) is 3.48. The Balaban J connectivity index is 2.44. The lowest BCUT2D eigenvalue weighted by Gasteiger charge is -2.07. The van der Waals surface area contributed by atoms with E-state index in [1.54, 1.807) is 6.33 Å². The molecule has 0 radical (unpaired) electrons. The molecular weight excluding hydrogens is 280 g/mol. The topological polar surface area (TPSA) is 62.8 Å². The molecular formula is C13H12N2O2S2. The van der Waals surface area contributed by atoms with Crippen LogP contribution in [-0.4, -0.2) is 20.2 Å². The van der Waals surface area contributed by atoms with Crippen molar-refractivity contribution >= 4 is 33.8 Å². The summed E-state index contributed by atoms with van der Waals surface area (Å²) in [6.07, 6.45) is 1.55. The number of nitrogens with zero attached hydrogens (tertiary/aromatic N) is 1. The molecule has 0 atom stereocenters. The molecule has 1 heterocycles. The van der Waals surface area contributed by atoms with E-state index in [-0.39, 0.29) is 10.2 Å². The summed E-state index contributed by atoms with van der Waals surface area (Å²) in [7, 11) is 0. The average Bonchev–Trinajstić information content (AvgIpc) is 2.76. The van der Waals surface area contributed by atoms with Crippen molar-refractivity contribution in [2.75, 3.05) is 0 Å². The van der Waals surface area contributed by atoms with Crippen LogP contribution in [-0.2, 0) is 9.59 Å². The summed E-state index contributed by atoms with van der Waals surface area (Å²) in [4.78, 5) is 30.5. The Morgan fingerprint density at radius 2 is 1.79 bits per heavy atom. The van der Waals surface area contributed by atoms with Crippen molar-refractivity contribution < 1.29 is 9.59 Å². The summed E-state index contributed by atoms with van der Waals surface area (Å²) in [6, 6.07) is 7.55.